The molecule has 0 saturated heterocycles. The molecule has 0 aliphatic heterocycles. The van der Waals surface area contributed by atoms with Crippen LogP contribution in [0.1, 0.15) is 30.7 Å². The zero-order valence-corrected chi connectivity index (χ0v) is 19.5. The van der Waals surface area contributed by atoms with Crippen LogP contribution >= 0.6 is 11.3 Å². The lowest BCUT2D eigenvalue weighted by Gasteiger charge is -2.26. The summed E-state index contributed by atoms with van der Waals surface area (Å²) in [6.07, 6.45) is 10.5. The third kappa shape index (κ3) is 5.24. The number of benzene rings is 1. The summed E-state index contributed by atoms with van der Waals surface area (Å²) in [7, 11) is 1.68. The molecule has 0 bridgehead atoms. The number of ether oxygens (including phenoxy) is 2. The summed E-state index contributed by atoms with van der Waals surface area (Å²) in [6.45, 7) is 1.31. The van der Waals surface area contributed by atoms with Crippen molar-refractivity contribution in [3.8, 4) is 22.8 Å². The van der Waals surface area contributed by atoms with Gasteiger partial charge in [-0.3, -0.25) is 9.67 Å². The van der Waals surface area contributed by atoms with E-state index in [1.54, 1.807) is 30.8 Å². The van der Waals surface area contributed by atoms with Gasteiger partial charge in [-0.1, -0.05) is 12.8 Å². The monoisotopic (exact) mass is 464 g/mol. The molecule has 2 atom stereocenters. The maximum Gasteiger partial charge on any atom is 0.131 e. The molecule has 5 rings (SSSR count). The van der Waals surface area contributed by atoms with Crippen LogP contribution in [0.15, 0.2) is 48.9 Å². The molecule has 3 aromatic heterocycles. The molecule has 0 unspecified atom stereocenters. The van der Waals surface area contributed by atoms with Crippen molar-refractivity contribution in [2.24, 2.45) is 5.92 Å². The molecule has 3 heterocycles. The van der Waals surface area contributed by atoms with Gasteiger partial charge in [0.15, 0.2) is 0 Å². The van der Waals surface area contributed by atoms with E-state index in [2.05, 4.69) is 10.1 Å². The van der Waals surface area contributed by atoms with Crippen molar-refractivity contribution in [3.05, 3.63) is 53.9 Å². The second-order valence-electron chi connectivity index (χ2n) is 8.52. The maximum atomic E-state index is 10.3. The van der Waals surface area contributed by atoms with Crippen LogP contribution in [0.4, 0.5) is 0 Å². The molecule has 4 aromatic rings. The molecule has 172 valence electrons. The predicted molar refractivity (Wildman–Crippen MR) is 129 cm³/mol. The van der Waals surface area contributed by atoms with Gasteiger partial charge in [0.25, 0.3) is 0 Å². The van der Waals surface area contributed by atoms with Gasteiger partial charge in [0.2, 0.25) is 0 Å². The Bertz CT molecular complexity index is 1220. The molecular formula is C25H28N4O3S. The second kappa shape index (κ2) is 9.99. The van der Waals surface area contributed by atoms with Crippen molar-refractivity contribution in [3.63, 3.8) is 0 Å². The van der Waals surface area contributed by atoms with Crippen LogP contribution in [0, 0.1) is 5.92 Å². The normalized spacial score (nSPS) is 18.6. The summed E-state index contributed by atoms with van der Waals surface area (Å²) >= 11 is 1.69. The molecule has 1 aliphatic carbocycles. The van der Waals surface area contributed by atoms with Crippen molar-refractivity contribution in [2.45, 2.75) is 44.8 Å². The summed E-state index contributed by atoms with van der Waals surface area (Å²) in [5, 5.41) is 15.7. The quantitative estimate of drug-likeness (QED) is 0.391. The zero-order chi connectivity index (χ0) is 22.6. The summed E-state index contributed by atoms with van der Waals surface area (Å²) in [5.41, 5.74) is 2.72. The van der Waals surface area contributed by atoms with E-state index in [9.17, 15) is 5.11 Å². The van der Waals surface area contributed by atoms with Gasteiger partial charge < -0.3 is 14.6 Å². The first-order valence-electron chi connectivity index (χ1n) is 11.4. The average Bonchev–Trinajstić information content (AvgIpc) is 3.46. The van der Waals surface area contributed by atoms with Crippen molar-refractivity contribution in [1.29, 1.82) is 0 Å². The molecule has 7 nitrogen and oxygen atoms in total. The van der Waals surface area contributed by atoms with Crippen molar-refractivity contribution in [2.75, 3.05) is 13.7 Å². The number of pyridine rings is 1. The van der Waals surface area contributed by atoms with Crippen molar-refractivity contribution >= 4 is 21.6 Å². The zero-order valence-electron chi connectivity index (χ0n) is 18.7. The number of rotatable bonds is 8. The van der Waals surface area contributed by atoms with E-state index in [-0.39, 0.29) is 6.10 Å². The molecule has 8 heteroatoms. The van der Waals surface area contributed by atoms with Crippen LogP contribution in [0.5, 0.6) is 11.5 Å². The Morgan fingerprint density at radius 2 is 2.03 bits per heavy atom. The first-order valence-corrected chi connectivity index (χ1v) is 12.2. The predicted octanol–water partition coefficient (Wildman–Crippen LogP) is 5.09. The molecule has 1 aromatic carbocycles. The fraction of sp³-hybridized carbons (Fsp3) is 0.400. The maximum absolute atomic E-state index is 10.3. The Balaban J connectivity index is 1.30. The van der Waals surface area contributed by atoms with E-state index in [0.29, 0.717) is 19.1 Å². The molecule has 0 amide bonds. The van der Waals surface area contributed by atoms with E-state index in [1.807, 2.05) is 41.2 Å². The highest BCUT2D eigenvalue weighted by Crippen LogP contribution is 2.33. The second-order valence-corrected chi connectivity index (χ2v) is 9.63. The first kappa shape index (κ1) is 22.0. The third-order valence-electron chi connectivity index (χ3n) is 6.13. The Morgan fingerprint density at radius 3 is 2.91 bits per heavy atom. The number of thiazole rings is 1. The van der Waals surface area contributed by atoms with Gasteiger partial charge in [-0.05, 0) is 37.0 Å². The molecule has 1 aliphatic rings. The lowest BCUT2D eigenvalue weighted by Crippen LogP contribution is -2.26. The number of aliphatic hydroxyl groups is 1. The minimum absolute atomic E-state index is 0.197. The number of fused-ring (bicyclic) bond motifs is 1. The van der Waals surface area contributed by atoms with E-state index in [1.165, 1.54) is 6.42 Å². The van der Waals surface area contributed by atoms with Crippen LogP contribution in [0.3, 0.4) is 0 Å². The Morgan fingerprint density at radius 1 is 1.15 bits per heavy atom. The molecule has 1 fully saturated rings. The van der Waals surface area contributed by atoms with Gasteiger partial charge in [-0.15, -0.1) is 11.3 Å². The number of hydrogen-bond acceptors (Lipinski definition) is 7. The number of nitrogens with zero attached hydrogens (tertiary/aromatic N) is 4. The van der Waals surface area contributed by atoms with Gasteiger partial charge in [0, 0.05) is 43.6 Å². The molecule has 0 spiro atoms. The Kier molecular flexibility index (Phi) is 6.66. The smallest absolute Gasteiger partial charge is 0.131 e. The van der Waals surface area contributed by atoms with Crippen LogP contribution in [0.2, 0.25) is 0 Å². The Hall–Kier alpha value is -2.81. The lowest BCUT2D eigenvalue weighted by atomic mass is 9.84. The molecule has 1 saturated carbocycles. The van der Waals surface area contributed by atoms with Gasteiger partial charge in [0.05, 0.1) is 46.4 Å². The van der Waals surface area contributed by atoms with E-state index in [4.69, 9.17) is 14.5 Å². The summed E-state index contributed by atoms with van der Waals surface area (Å²) < 4.78 is 14.2. The van der Waals surface area contributed by atoms with Crippen LogP contribution in [-0.4, -0.2) is 44.7 Å². The van der Waals surface area contributed by atoms with E-state index < -0.39 is 0 Å². The highest BCUT2D eigenvalue weighted by Gasteiger charge is 2.24. The SMILES string of the molecule is COCCn1cc(-c2cc(Oc3ccc4nc(C[C@@H]5CCCC[C@H]5O)sc4c3)ccn2)cn1. The van der Waals surface area contributed by atoms with E-state index in [0.717, 1.165) is 63.7 Å². The van der Waals surface area contributed by atoms with E-state index >= 15 is 0 Å². The summed E-state index contributed by atoms with van der Waals surface area (Å²) in [5.74, 6) is 1.81. The number of aromatic nitrogens is 4. The topological polar surface area (TPSA) is 82.3 Å². The highest BCUT2D eigenvalue weighted by atomic mass is 32.1. The summed E-state index contributed by atoms with van der Waals surface area (Å²) in [6, 6.07) is 9.76. The van der Waals surface area contributed by atoms with Crippen LogP contribution in [-0.2, 0) is 17.7 Å². The third-order valence-corrected chi connectivity index (χ3v) is 7.17. The van der Waals surface area contributed by atoms with Gasteiger partial charge in [-0.25, -0.2) is 4.98 Å². The number of aliphatic hydroxyl groups excluding tert-OH is 1. The molecule has 1 N–H and O–H groups in total. The standard InChI is InChI=1S/C25H28N4O3S/c1-31-11-10-29-16-18(15-27-29)22-13-20(8-9-26-22)32-19-6-7-21-24(14-19)33-25(28-21)12-17-4-2-3-5-23(17)30/h6-9,13-17,23,30H,2-5,10-12H2,1H3/t17-,23+/m0/s1. The van der Waals surface area contributed by atoms with Crippen LogP contribution < -0.4 is 4.74 Å². The fourth-order valence-corrected chi connectivity index (χ4v) is 5.41. The van der Waals surface area contributed by atoms with Gasteiger partial charge >= 0.3 is 0 Å². The minimum Gasteiger partial charge on any atom is -0.457 e. The van der Waals surface area contributed by atoms with Crippen molar-refractivity contribution < 1.29 is 14.6 Å². The van der Waals surface area contributed by atoms with Crippen LogP contribution in [0.25, 0.3) is 21.5 Å². The molecular weight excluding hydrogens is 436 g/mol. The minimum atomic E-state index is -0.197. The largest absolute Gasteiger partial charge is 0.457 e. The number of hydrogen-bond donors (Lipinski definition) is 1. The molecule has 0 radical (unpaired) electrons. The van der Waals surface area contributed by atoms with Crippen molar-refractivity contribution in [1.82, 2.24) is 19.7 Å². The van der Waals surface area contributed by atoms with Gasteiger partial charge in [0.1, 0.15) is 11.5 Å². The highest BCUT2D eigenvalue weighted by molar-refractivity contribution is 7.18. The number of methoxy groups -OCH3 is 1. The molecule has 33 heavy (non-hydrogen) atoms. The average molecular weight is 465 g/mol. The summed E-state index contributed by atoms with van der Waals surface area (Å²) in [4.78, 5) is 9.26. The van der Waals surface area contributed by atoms with Gasteiger partial charge in [-0.2, -0.15) is 5.10 Å². The first-order chi connectivity index (χ1) is 16.2. The fourth-order valence-electron chi connectivity index (χ4n) is 4.33. The lowest BCUT2D eigenvalue weighted by molar-refractivity contribution is 0.0700. The Labute approximate surface area is 197 Å².